The fraction of sp³-hybridized carbons (Fsp3) is 0.902. The number of unbranched alkanes of at least 4 members (excludes halogenated alkanes) is 19. The van der Waals surface area contributed by atoms with Crippen LogP contribution in [0.25, 0.3) is 0 Å². The van der Waals surface area contributed by atoms with Crippen molar-refractivity contribution in [1.29, 1.82) is 0 Å². The Morgan fingerprint density at radius 1 is 0.500 bits per heavy atom. The van der Waals surface area contributed by atoms with Gasteiger partial charge in [0.1, 0.15) is 73.2 Å². The summed E-state index contributed by atoms with van der Waals surface area (Å²) in [5.74, 6) is -0.288. The van der Waals surface area contributed by atoms with Crippen LogP contribution in [0.3, 0.4) is 0 Å². The Morgan fingerprint density at radius 2 is 0.900 bits per heavy atom. The lowest BCUT2D eigenvalue weighted by Gasteiger charge is -2.48. The van der Waals surface area contributed by atoms with Gasteiger partial charge in [0.2, 0.25) is 5.91 Å². The highest BCUT2D eigenvalue weighted by atomic mass is 16.8. The molecule has 3 saturated heterocycles. The summed E-state index contributed by atoms with van der Waals surface area (Å²) in [5, 5.41) is 120. The van der Waals surface area contributed by atoms with Crippen LogP contribution in [-0.2, 0) is 33.2 Å². The fourth-order valence-corrected chi connectivity index (χ4v) is 9.01. The maximum atomic E-state index is 13.2. The molecule has 410 valence electrons. The molecule has 0 aromatic carbocycles. The lowest BCUT2D eigenvalue weighted by atomic mass is 9.96. The van der Waals surface area contributed by atoms with Gasteiger partial charge in [0, 0.05) is 6.42 Å². The number of carbonyl (C=O) groups is 1. The average molecular weight is 1010 g/mol. The Labute approximate surface area is 416 Å². The quantitative estimate of drug-likeness (QED) is 0.0314. The zero-order valence-electron chi connectivity index (χ0n) is 42.0. The van der Waals surface area contributed by atoms with Crippen LogP contribution in [0.4, 0.5) is 0 Å². The van der Waals surface area contributed by atoms with Crippen LogP contribution in [0, 0.1) is 0 Å². The molecule has 0 spiro atoms. The summed E-state index contributed by atoms with van der Waals surface area (Å²) in [6.45, 7) is 1.65. The second-order valence-corrected chi connectivity index (χ2v) is 19.3. The van der Waals surface area contributed by atoms with Gasteiger partial charge in [-0.3, -0.25) is 4.79 Å². The van der Waals surface area contributed by atoms with Crippen LogP contribution in [0.5, 0.6) is 0 Å². The molecule has 0 saturated carbocycles. The van der Waals surface area contributed by atoms with Gasteiger partial charge in [0.05, 0.1) is 38.6 Å². The topological polar surface area (TPSA) is 307 Å². The molecule has 0 aliphatic carbocycles. The van der Waals surface area contributed by atoms with Crippen molar-refractivity contribution in [2.45, 2.75) is 266 Å². The fourth-order valence-electron chi connectivity index (χ4n) is 9.01. The number of hydrogen-bond donors (Lipinski definition) is 12. The molecule has 0 aromatic heterocycles. The normalized spacial score (nSPS) is 32.7. The number of aliphatic hydroxyl groups is 11. The van der Waals surface area contributed by atoms with Gasteiger partial charge in [-0.05, 0) is 44.9 Å². The number of ether oxygens (including phenoxy) is 6. The second-order valence-electron chi connectivity index (χ2n) is 19.3. The Hall–Kier alpha value is -1.73. The minimum absolute atomic E-state index is 0.234. The zero-order valence-corrected chi connectivity index (χ0v) is 42.0. The van der Waals surface area contributed by atoms with Crippen LogP contribution < -0.4 is 5.32 Å². The number of rotatable bonds is 37. The molecule has 3 heterocycles. The molecule has 0 bridgehead atoms. The third-order valence-corrected chi connectivity index (χ3v) is 13.5. The zero-order chi connectivity index (χ0) is 51.3. The summed E-state index contributed by atoms with van der Waals surface area (Å²) in [6, 6.07) is -0.972. The monoisotopic (exact) mass is 1010 g/mol. The molecule has 70 heavy (non-hydrogen) atoms. The Bertz CT molecular complexity index is 1390. The molecule has 0 aromatic rings. The van der Waals surface area contributed by atoms with Crippen molar-refractivity contribution in [1.82, 2.24) is 5.32 Å². The molecular formula is C51H93NO18. The number of amides is 1. The standard InChI is InChI=1S/C51H93NO18/c1-3-5-7-9-11-13-15-17-18-20-22-24-26-28-35(56)34(52-39(57)29-27-25-23-21-19-16-14-12-10-8-6-4-2)33-65-49-45(63)42(60)47(37(31-54)67-49)70-51-46(64)43(61)48(38(32-55)68-51)69-50-44(62)41(59)40(58)36(30-53)66-50/h12,14,26,28,34-38,40-51,53-56,58-64H,3-11,13,15-25,27,29-33H2,1-2H3,(H,52,57)/b14-12-,28-26+. The first-order valence-electron chi connectivity index (χ1n) is 26.6. The second kappa shape index (κ2) is 36.3. The lowest BCUT2D eigenvalue weighted by molar-refractivity contribution is -0.379. The number of hydrogen-bond acceptors (Lipinski definition) is 18. The molecule has 3 rings (SSSR count). The van der Waals surface area contributed by atoms with E-state index in [2.05, 4.69) is 31.3 Å². The van der Waals surface area contributed by atoms with E-state index < -0.39 is 124 Å². The molecule has 17 unspecified atom stereocenters. The highest BCUT2D eigenvalue weighted by Gasteiger charge is 2.53. The van der Waals surface area contributed by atoms with Crippen LogP contribution in [-0.4, -0.2) is 193 Å². The van der Waals surface area contributed by atoms with Crippen molar-refractivity contribution in [2.24, 2.45) is 0 Å². The molecular weight excluding hydrogens is 915 g/mol. The molecule has 19 heteroatoms. The molecule has 1 amide bonds. The Kier molecular flexibility index (Phi) is 32.4. The number of nitrogens with one attached hydrogen (secondary N) is 1. The minimum Gasteiger partial charge on any atom is -0.394 e. The van der Waals surface area contributed by atoms with Gasteiger partial charge in [-0.2, -0.15) is 0 Å². The third-order valence-electron chi connectivity index (χ3n) is 13.5. The maximum absolute atomic E-state index is 13.2. The first kappa shape index (κ1) is 62.6. The summed E-state index contributed by atoms with van der Waals surface area (Å²) in [7, 11) is 0. The number of allylic oxidation sites excluding steroid dienone is 3. The van der Waals surface area contributed by atoms with E-state index in [1.54, 1.807) is 6.08 Å². The van der Waals surface area contributed by atoms with Gasteiger partial charge in [-0.25, -0.2) is 0 Å². The first-order valence-corrected chi connectivity index (χ1v) is 26.6. The summed E-state index contributed by atoms with van der Waals surface area (Å²) >= 11 is 0. The van der Waals surface area contributed by atoms with E-state index in [0.717, 1.165) is 64.2 Å². The molecule has 19 nitrogen and oxygen atoms in total. The van der Waals surface area contributed by atoms with Crippen molar-refractivity contribution >= 4 is 5.91 Å². The smallest absolute Gasteiger partial charge is 0.220 e. The molecule has 0 radical (unpaired) electrons. The van der Waals surface area contributed by atoms with Crippen LogP contribution in [0.15, 0.2) is 24.3 Å². The van der Waals surface area contributed by atoms with Gasteiger partial charge in [-0.1, -0.05) is 134 Å². The van der Waals surface area contributed by atoms with Gasteiger partial charge in [-0.15, -0.1) is 0 Å². The van der Waals surface area contributed by atoms with Crippen LogP contribution in [0.2, 0.25) is 0 Å². The van der Waals surface area contributed by atoms with Crippen molar-refractivity contribution < 1.29 is 89.4 Å². The predicted molar refractivity (Wildman–Crippen MR) is 259 cm³/mol. The van der Waals surface area contributed by atoms with E-state index in [-0.39, 0.29) is 18.9 Å². The van der Waals surface area contributed by atoms with E-state index in [1.165, 1.54) is 70.6 Å². The predicted octanol–water partition coefficient (Wildman–Crippen LogP) is 2.42. The van der Waals surface area contributed by atoms with Crippen molar-refractivity contribution in [3.05, 3.63) is 24.3 Å². The van der Waals surface area contributed by atoms with E-state index in [9.17, 15) is 61.0 Å². The van der Waals surface area contributed by atoms with Crippen LogP contribution >= 0.6 is 0 Å². The number of carbonyl (C=O) groups excluding carboxylic acids is 1. The minimum atomic E-state index is -1.98. The number of aliphatic hydroxyl groups excluding tert-OH is 11. The van der Waals surface area contributed by atoms with Gasteiger partial charge in [0.25, 0.3) is 0 Å². The summed E-state index contributed by atoms with van der Waals surface area (Å²) in [6.07, 6.45) is 6.06. The largest absolute Gasteiger partial charge is 0.394 e. The van der Waals surface area contributed by atoms with Crippen molar-refractivity contribution in [2.75, 3.05) is 26.4 Å². The van der Waals surface area contributed by atoms with Crippen molar-refractivity contribution in [3.8, 4) is 0 Å². The van der Waals surface area contributed by atoms with E-state index in [4.69, 9.17) is 28.4 Å². The van der Waals surface area contributed by atoms with E-state index in [0.29, 0.717) is 6.42 Å². The highest BCUT2D eigenvalue weighted by Crippen LogP contribution is 2.33. The van der Waals surface area contributed by atoms with Crippen molar-refractivity contribution in [3.63, 3.8) is 0 Å². The molecule has 3 fully saturated rings. The lowest BCUT2D eigenvalue weighted by Crippen LogP contribution is -2.66. The van der Waals surface area contributed by atoms with Gasteiger partial charge >= 0.3 is 0 Å². The van der Waals surface area contributed by atoms with Gasteiger partial charge in [0.15, 0.2) is 18.9 Å². The summed E-state index contributed by atoms with van der Waals surface area (Å²) in [5.41, 5.74) is 0. The van der Waals surface area contributed by atoms with Gasteiger partial charge < -0.3 is 89.9 Å². The molecule has 12 N–H and O–H groups in total. The van der Waals surface area contributed by atoms with E-state index in [1.807, 2.05) is 6.08 Å². The van der Waals surface area contributed by atoms with Crippen LogP contribution in [0.1, 0.15) is 162 Å². The molecule has 3 aliphatic rings. The Morgan fingerprint density at radius 3 is 1.41 bits per heavy atom. The first-order chi connectivity index (χ1) is 33.8. The molecule has 17 atom stereocenters. The average Bonchev–Trinajstić information content (AvgIpc) is 3.35. The highest BCUT2D eigenvalue weighted by molar-refractivity contribution is 5.76. The summed E-state index contributed by atoms with van der Waals surface area (Å²) < 4.78 is 34.1. The maximum Gasteiger partial charge on any atom is 0.220 e. The molecule has 3 aliphatic heterocycles. The summed E-state index contributed by atoms with van der Waals surface area (Å²) in [4.78, 5) is 13.2. The Balaban J connectivity index is 1.57. The SMILES string of the molecule is CCCCC/C=C\CCCCCCCC(=O)NC(COC1OC(CO)C(OC2OC(CO)C(OC3OC(CO)C(O)C(O)C3O)C(O)C2O)C(O)C1O)C(O)/C=C/CCCCCCCCCCCCC. The van der Waals surface area contributed by atoms with E-state index >= 15 is 0 Å². The third kappa shape index (κ3) is 21.6.